The predicted molar refractivity (Wildman–Crippen MR) is 123 cm³/mol. The molecule has 31 heavy (non-hydrogen) atoms. The minimum atomic E-state index is -0.229. The molecule has 4 rings (SSSR count). The molecule has 0 bridgehead atoms. The van der Waals surface area contributed by atoms with Crippen molar-refractivity contribution in [1.82, 2.24) is 4.98 Å². The summed E-state index contributed by atoms with van der Waals surface area (Å²) in [6.45, 7) is 6.34. The third-order valence-corrected chi connectivity index (χ3v) is 5.40. The zero-order valence-electron chi connectivity index (χ0n) is 18.0. The Morgan fingerprint density at radius 1 is 1.06 bits per heavy atom. The van der Waals surface area contributed by atoms with E-state index in [4.69, 9.17) is 9.15 Å². The van der Waals surface area contributed by atoms with Gasteiger partial charge in [-0.2, -0.15) is 0 Å². The Hall–Kier alpha value is -3.60. The zero-order valence-corrected chi connectivity index (χ0v) is 18.0. The van der Waals surface area contributed by atoms with Gasteiger partial charge >= 0.3 is 0 Å². The van der Waals surface area contributed by atoms with Crippen molar-refractivity contribution in [2.24, 2.45) is 0 Å². The zero-order chi connectivity index (χ0) is 21.8. The third-order valence-electron chi connectivity index (χ3n) is 5.40. The van der Waals surface area contributed by atoms with E-state index in [1.165, 1.54) is 11.1 Å². The largest absolute Gasteiger partial charge is 0.484 e. The van der Waals surface area contributed by atoms with Gasteiger partial charge in [0.1, 0.15) is 11.3 Å². The van der Waals surface area contributed by atoms with Gasteiger partial charge in [0.25, 0.3) is 5.91 Å². The van der Waals surface area contributed by atoms with Crippen molar-refractivity contribution in [3.8, 4) is 17.2 Å². The van der Waals surface area contributed by atoms with Crippen LogP contribution in [0.2, 0.25) is 0 Å². The number of ether oxygens (including phenoxy) is 1. The van der Waals surface area contributed by atoms with Gasteiger partial charge in [0.2, 0.25) is 5.89 Å². The fourth-order valence-corrected chi connectivity index (χ4v) is 3.30. The molecule has 0 aliphatic carbocycles. The number of hydrogen-bond acceptors (Lipinski definition) is 4. The summed E-state index contributed by atoms with van der Waals surface area (Å²) in [6, 6.07) is 21.3. The number of aryl methyl sites for hydroxylation is 1. The van der Waals surface area contributed by atoms with E-state index < -0.39 is 0 Å². The Morgan fingerprint density at radius 2 is 1.81 bits per heavy atom. The Bertz CT molecular complexity index is 1180. The monoisotopic (exact) mass is 414 g/mol. The molecule has 0 spiro atoms. The highest BCUT2D eigenvalue weighted by Gasteiger charge is 2.11. The van der Waals surface area contributed by atoms with Gasteiger partial charge in [-0.05, 0) is 67.3 Å². The first kappa shape index (κ1) is 20.7. The van der Waals surface area contributed by atoms with Crippen LogP contribution >= 0.6 is 0 Å². The number of carbonyl (C=O) groups is 1. The summed E-state index contributed by atoms with van der Waals surface area (Å²) in [5, 5.41) is 2.85. The van der Waals surface area contributed by atoms with Crippen LogP contribution in [0.25, 0.3) is 22.6 Å². The highest BCUT2D eigenvalue weighted by atomic mass is 16.5. The topological polar surface area (TPSA) is 64.4 Å². The number of nitrogens with zero attached hydrogens (tertiary/aromatic N) is 1. The number of hydrogen-bond donors (Lipinski definition) is 1. The molecule has 0 aliphatic heterocycles. The van der Waals surface area contributed by atoms with E-state index in [9.17, 15) is 4.79 Å². The summed E-state index contributed by atoms with van der Waals surface area (Å²) in [6.07, 6.45) is 1.09. The molecule has 4 aromatic rings. The van der Waals surface area contributed by atoms with Gasteiger partial charge < -0.3 is 14.5 Å². The van der Waals surface area contributed by atoms with E-state index in [0.29, 0.717) is 34.3 Å². The molecule has 1 aromatic heterocycles. The second kappa shape index (κ2) is 9.04. The molecule has 3 aromatic carbocycles. The Labute approximate surface area is 182 Å². The Morgan fingerprint density at radius 3 is 2.52 bits per heavy atom. The standard InChI is InChI=1S/C26H26N2O3/c1-4-18(3)19-9-12-22(13-10-19)30-16-25(29)27-21-11-14-24-23(15-21)28-26(31-24)20-7-5-17(2)6-8-20/h5-15,18H,4,16H2,1-3H3,(H,27,29)/t18-/m0/s1. The SMILES string of the molecule is CC[C@H](C)c1ccc(OCC(=O)Nc2ccc3oc(-c4ccc(C)cc4)nc3c2)cc1. The van der Waals surface area contributed by atoms with Gasteiger partial charge in [0, 0.05) is 11.3 Å². The van der Waals surface area contributed by atoms with E-state index >= 15 is 0 Å². The quantitative estimate of drug-likeness (QED) is 0.383. The first-order valence-corrected chi connectivity index (χ1v) is 10.5. The van der Waals surface area contributed by atoms with Crippen molar-refractivity contribution in [2.45, 2.75) is 33.1 Å². The van der Waals surface area contributed by atoms with Gasteiger partial charge in [-0.15, -0.1) is 0 Å². The van der Waals surface area contributed by atoms with E-state index in [0.717, 1.165) is 12.0 Å². The van der Waals surface area contributed by atoms with Crippen LogP contribution in [-0.2, 0) is 4.79 Å². The van der Waals surface area contributed by atoms with Crippen molar-refractivity contribution in [3.05, 3.63) is 77.9 Å². The van der Waals surface area contributed by atoms with Crippen molar-refractivity contribution >= 4 is 22.7 Å². The number of anilines is 1. The highest BCUT2D eigenvalue weighted by Crippen LogP contribution is 2.26. The Balaban J connectivity index is 1.38. The lowest BCUT2D eigenvalue weighted by Gasteiger charge is -2.11. The maximum Gasteiger partial charge on any atom is 0.262 e. The average Bonchev–Trinajstić information content (AvgIpc) is 3.21. The number of nitrogens with one attached hydrogen (secondary N) is 1. The van der Waals surface area contributed by atoms with Crippen LogP contribution in [0.3, 0.4) is 0 Å². The number of amides is 1. The second-order valence-electron chi connectivity index (χ2n) is 7.78. The minimum absolute atomic E-state index is 0.0614. The van der Waals surface area contributed by atoms with E-state index in [2.05, 4.69) is 24.1 Å². The number of benzene rings is 3. The average molecular weight is 415 g/mol. The number of fused-ring (bicyclic) bond motifs is 1. The molecule has 5 nitrogen and oxygen atoms in total. The van der Waals surface area contributed by atoms with Crippen LogP contribution in [-0.4, -0.2) is 17.5 Å². The van der Waals surface area contributed by atoms with Crippen molar-refractivity contribution in [1.29, 1.82) is 0 Å². The maximum absolute atomic E-state index is 12.3. The molecule has 5 heteroatoms. The van der Waals surface area contributed by atoms with Gasteiger partial charge in [-0.1, -0.05) is 43.7 Å². The lowest BCUT2D eigenvalue weighted by atomic mass is 9.99. The third kappa shape index (κ3) is 4.94. The lowest BCUT2D eigenvalue weighted by Crippen LogP contribution is -2.20. The number of rotatable bonds is 7. The van der Waals surface area contributed by atoms with Crippen LogP contribution in [0.4, 0.5) is 5.69 Å². The summed E-state index contributed by atoms with van der Waals surface area (Å²) in [7, 11) is 0. The molecule has 0 fully saturated rings. The molecule has 0 saturated heterocycles. The van der Waals surface area contributed by atoms with E-state index in [1.54, 1.807) is 12.1 Å². The Kier molecular flexibility index (Phi) is 6.03. The van der Waals surface area contributed by atoms with Crippen LogP contribution < -0.4 is 10.1 Å². The number of oxazole rings is 1. The predicted octanol–water partition coefficient (Wildman–Crippen LogP) is 6.33. The number of carbonyl (C=O) groups excluding carboxylic acids is 1. The van der Waals surface area contributed by atoms with Gasteiger partial charge in [0.05, 0.1) is 0 Å². The molecule has 1 amide bonds. The van der Waals surface area contributed by atoms with Crippen LogP contribution in [0.15, 0.2) is 71.1 Å². The first-order valence-electron chi connectivity index (χ1n) is 10.5. The van der Waals surface area contributed by atoms with Crippen molar-refractivity contribution in [3.63, 3.8) is 0 Å². The molecular weight excluding hydrogens is 388 g/mol. The number of aromatic nitrogens is 1. The van der Waals surface area contributed by atoms with Crippen LogP contribution in [0.1, 0.15) is 37.3 Å². The summed E-state index contributed by atoms with van der Waals surface area (Å²) in [5.41, 5.74) is 5.38. The highest BCUT2D eigenvalue weighted by molar-refractivity contribution is 5.94. The molecule has 158 valence electrons. The summed E-state index contributed by atoms with van der Waals surface area (Å²) in [5.74, 6) is 1.52. The molecule has 0 radical (unpaired) electrons. The van der Waals surface area contributed by atoms with Gasteiger partial charge in [-0.3, -0.25) is 4.79 Å². The van der Waals surface area contributed by atoms with E-state index in [-0.39, 0.29) is 12.5 Å². The molecule has 0 saturated carbocycles. The van der Waals surface area contributed by atoms with Crippen LogP contribution in [0.5, 0.6) is 5.75 Å². The smallest absolute Gasteiger partial charge is 0.262 e. The molecule has 0 aliphatic rings. The lowest BCUT2D eigenvalue weighted by molar-refractivity contribution is -0.118. The normalized spacial score (nSPS) is 12.0. The fourth-order valence-electron chi connectivity index (χ4n) is 3.30. The summed E-state index contributed by atoms with van der Waals surface area (Å²) in [4.78, 5) is 16.9. The minimum Gasteiger partial charge on any atom is -0.484 e. The molecule has 1 heterocycles. The van der Waals surface area contributed by atoms with Gasteiger partial charge in [-0.25, -0.2) is 4.98 Å². The molecule has 1 atom stereocenters. The van der Waals surface area contributed by atoms with Crippen LogP contribution in [0, 0.1) is 6.92 Å². The maximum atomic E-state index is 12.3. The fraction of sp³-hybridized carbons (Fsp3) is 0.231. The first-order chi connectivity index (χ1) is 15.0. The van der Waals surface area contributed by atoms with Crippen molar-refractivity contribution < 1.29 is 13.9 Å². The summed E-state index contributed by atoms with van der Waals surface area (Å²) < 4.78 is 11.5. The molecule has 0 unspecified atom stereocenters. The van der Waals surface area contributed by atoms with E-state index in [1.807, 2.05) is 61.5 Å². The molecular formula is C26H26N2O3. The second-order valence-corrected chi connectivity index (χ2v) is 7.78. The van der Waals surface area contributed by atoms with Crippen molar-refractivity contribution in [2.75, 3.05) is 11.9 Å². The molecule has 1 N–H and O–H groups in total. The summed E-state index contributed by atoms with van der Waals surface area (Å²) >= 11 is 0. The van der Waals surface area contributed by atoms with Gasteiger partial charge in [0.15, 0.2) is 12.2 Å².